The highest BCUT2D eigenvalue weighted by molar-refractivity contribution is 7.19. The fourth-order valence-corrected chi connectivity index (χ4v) is 5.01. The maximum Gasteiger partial charge on any atom is 0.416 e. The number of rotatable bonds is 7. The molecule has 41 heavy (non-hydrogen) atoms. The Kier molecular flexibility index (Phi) is 8.14. The Balaban J connectivity index is 1.26. The molecule has 1 aromatic carbocycles. The highest BCUT2D eigenvalue weighted by atomic mass is 32.1. The van der Waals surface area contributed by atoms with Crippen molar-refractivity contribution in [3.63, 3.8) is 0 Å². The summed E-state index contributed by atoms with van der Waals surface area (Å²) in [6, 6.07) is 2.32. The molecule has 0 spiro atoms. The van der Waals surface area contributed by atoms with Gasteiger partial charge in [-0.25, -0.2) is 19.2 Å². The van der Waals surface area contributed by atoms with Gasteiger partial charge in [-0.2, -0.15) is 18.3 Å². The molecule has 0 saturated carbocycles. The van der Waals surface area contributed by atoms with Crippen LogP contribution < -0.4 is 16.0 Å². The van der Waals surface area contributed by atoms with Crippen molar-refractivity contribution in [2.45, 2.75) is 6.18 Å². The molecule has 216 valence electrons. The van der Waals surface area contributed by atoms with Gasteiger partial charge in [0.15, 0.2) is 10.8 Å². The number of carbonyl (C=O) groups is 2. The van der Waals surface area contributed by atoms with Crippen LogP contribution in [0.15, 0.2) is 36.7 Å². The third-order valence-electron chi connectivity index (χ3n) is 6.50. The third kappa shape index (κ3) is 6.78. The maximum absolute atomic E-state index is 14.0. The van der Waals surface area contributed by atoms with Crippen LogP contribution in [0.5, 0.6) is 0 Å². The van der Waals surface area contributed by atoms with Crippen LogP contribution in [0.4, 0.5) is 33.2 Å². The fraction of sp³-hybridized carbons (Fsp3) is 0.320. The second kappa shape index (κ2) is 11.8. The van der Waals surface area contributed by atoms with E-state index in [1.54, 1.807) is 6.07 Å². The molecule has 5 rings (SSSR count). The Morgan fingerprint density at radius 1 is 1.10 bits per heavy atom. The number of aromatic nitrogens is 4. The summed E-state index contributed by atoms with van der Waals surface area (Å²) in [6.07, 6.45) is -1.77. The van der Waals surface area contributed by atoms with Gasteiger partial charge >= 0.3 is 12.2 Å². The number of pyridine rings is 1. The third-order valence-corrected chi connectivity index (χ3v) is 7.43. The molecule has 0 aliphatic carbocycles. The highest BCUT2D eigenvalue weighted by Gasteiger charge is 2.31. The Labute approximate surface area is 235 Å². The summed E-state index contributed by atoms with van der Waals surface area (Å²) in [5.41, 5.74) is -0.611. The predicted molar refractivity (Wildman–Crippen MR) is 145 cm³/mol. The molecule has 1 aliphatic rings. The SMILES string of the molecule is CN1CCN(CCNC(=O)c2cc(-c3cnc(NC(=O)Nc4cc(C(F)(F)F)ccc4F)s3)nc3[nH]ncc23)CC1. The van der Waals surface area contributed by atoms with Crippen molar-refractivity contribution < 1.29 is 27.2 Å². The number of amides is 3. The molecule has 4 aromatic rings. The zero-order valence-corrected chi connectivity index (χ0v) is 22.5. The minimum atomic E-state index is -4.70. The first-order chi connectivity index (χ1) is 19.6. The number of anilines is 2. The van der Waals surface area contributed by atoms with Gasteiger partial charge in [0, 0.05) is 45.5 Å². The Morgan fingerprint density at radius 2 is 1.88 bits per heavy atom. The summed E-state index contributed by atoms with van der Waals surface area (Å²) in [7, 11) is 2.08. The molecular weight excluding hydrogens is 566 g/mol. The molecule has 3 amide bonds. The van der Waals surface area contributed by atoms with Crippen molar-refractivity contribution in [2.75, 3.05) is 56.9 Å². The van der Waals surface area contributed by atoms with Crippen LogP contribution >= 0.6 is 11.3 Å². The lowest BCUT2D eigenvalue weighted by Crippen LogP contribution is -2.46. The Bertz CT molecular complexity index is 1560. The van der Waals surface area contributed by atoms with Crippen molar-refractivity contribution in [3.8, 4) is 10.6 Å². The van der Waals surface area contributed by atoms with E-state index in [-0.39, 0.29) is 11.0 Å². The van der Waals surface area contributed by atoms with Crippen molar-refractivity contribution in [2.24, 2.45) is 0 Å². The summed E-state index contributed by atoms with van der Waals surface area (Å²) in [4.78, 5) is 39.1. The molecular formula is C25H25F4N9O2S. The lowest BCUT2D eigenvalue weighted by molar-refractivity contribution is -0.137. The highest BCUT2D eigenvalue weighted by Crippen LogP contribution is 2.33. The number of H-pyrrole nitrogens is 1. The van der Waals surface area contributed by atoms with Crippen LogP contribution in [0.2, 0.25) is 0 Å². The Hall–Kier alpha value is -4.15. The van der Waals surface area contributed by atoms with Gasteiger partial charge in [0.25, 0.3) is 5.91 Å². The van der Waals surface area contributed by atoms with Crippen LogP contribution in [0, 0.1) is 5.82 Å². The normalized spacial score (nSPS) is 14.8. The van der Waals surface area contributed by atoms with Gasteiger partial charge in [0.05, 0.1) is 39.0 Å². The molecule has 4 N–H and O–H groups in total. The van der Waals surface area contributed by atoms with Crippen molar-refractivity contribution in [1.29, 1.82) is 0 Å². The van der Waals surface area contributed by atoms with Crippen molar-refractivity contribution in [3.05, 3.63) is 53.6 Å². The first-order valence-electron chi connectivity index (χ1n) is 12.5. The van der Waals surface area contributed by atoms with Gasteiger partial charge in [0.1, 0.15) is 5.82 Å². The van der Waals surface area contributed by atoms with Gasteiger partial charge in [0.2, 0.25) is 0 Å². The summed E-state index contributed by atoms with van der Waals surface area (Å²) in [5, 5.41) is 14.8. The smallest absolute Gasteiger partial charge is 0.351 e. The van der Waals surface area contributed by atoms with E-state index in [1.807, 2.05) is 0 Å². The van der Waals surface area contributed by atoms with Crippen LogP contribution in [-0.2, 0) is 6.18 Å². The molecule has 16 heteroatoms. The zero-order valence-electron chi connectivity index (χ0n) is 21.7. The lowest BCUT2D eigenvalue weighted by Gasteiger charge is -2.32. The van der Waals surface area contributed by atoms with E-state index in [2.05, 4.69) is 53.0 Å². The first kappa shape index (κ1) is 28.4. The number of benzene rings is 1. The molecule has 0 bridgehead atoms. The van der Waals surface area contributed by atoms with E-state index in [1.165, 1.54) is 12.4 Å². The molecule has 4 heterocycles. The van der Waals surface area contributed by atoms with Crippen molar-refractivity contribution in [1.82, 2.24) is 35.3 Å². The monoisotopic (exact) mass is 591 g/mol. The van der Waals surface area contributed by atoms with Gasteiger partial charge < -0.3 is 15.5 Å². The zero-order chi connectivity index (χ0) is 29.1. The van der Waals surface area contributed by atoms with E-state index in [4.69, 9.17) is 0 Å². The van der Waals surface area contributed by atoms with Gasteiger partial charge in [-0.15, -0.1) is 0 Å². The first-order valence-corrected chi connectivity index (χ1v) is 13.3. The molecule has 1 fully saturated rings. The number of nitrogens with zero attached hydrogens (tertiary/aromatic N) is 5. The number of alkyl halides is 3. The molecule has 11 nitrogen and oxygen atoms in total. The number of likely N-dealkylation sites (N-methyl/N-ethyl adjacent to an activating group) is 1. The summed E-state index contributed by atoms with van der Waals surface area (Å²) in [5.74, 6) is -1.32. The number of thiazole rings is 1. The summed E-state index contributed by atoms with van der Waals surface area (Å²) >= 11 is 1.01. The minimum absolute atomic E-state index is 0.0783. The standard InChI is InChI=1S/C25H25F4N9O2S/c1-37-6-8-38(9-7-37)5-4-30-22(39)15-11-19(33-21-16(15)12-32-36-21)20-13-31-24(41-20)35-23(40)34-18-10-14(25(27,28)29)2-3-17(18)26/h2-3,10-13H,4-9H2,1H3,(H,30,39)(H,32,33,36)(H2,31,34,35,40). The maximum atomic E-state index is 14.0. The van der Waals surface area contributed by atoms with E-state index in [0.717, 1.165) is 44.1 Å². The summed E-state index contributed by atoms with van der Waals surface area (Å²) in [6.45, 7) is 5.02. The quantitative estimate of drug-likeness (QED) is 0.240. The van der Waals surface area contributed by atoms with E-state index in [0.29, 0.717) is 51.9 Å². The molecule has 1 aliphatic heterocycles. The molecule has 0 unspecified atom stereocenters. The fourth-order valence-electron chi connectivity index (χ4n) is 4.24. The average Bonchev–Trinajstić information content (AvgIpc) is 3.59. The molecule has 0 atom stereocenters. The second-order valence-corrected chi connectivity index (χ2v) is 10.4. The molecule has 3 aromatic heterocycles. The number of halogens is 4. The number of hydrogen-bond donors (Lipinski definition) is 4. The number of carbonyl (C=O) groups excluding carboxylic acids is 2. The average molecular weight is 592 g/mol. The van der Waals surface area contributed by atoms with E-state index < -0.39 is 29.3 Å². The lowest BCUT2D eigenvalue weighted by atomic mass is 10.1. The number of hydrogen-bond acceptors (Lipinski definition) is 8. The van der Waals surface area contributed by atoms with Crippen LogP contribution in [0.3, 0.4) is 0 Å². The Morgan fingerprint density at radius 3 is 2.63 bits per heavy atom. The summed E-state index contributed by atoms with van der Waals surface area (Å²) < 4.78 is 52.9. The largest absolute Gasteiger partial charge is 0.416 e. The molecule has 0 radical (unpaired) electrons. The number of urea groups is 1. The van der Waals surface area contributed by atoms with E-state index in [9.17, 15) is 27.2 Å². The number of fused-ring (bicyclic) bond motifs is 1. The second-order valence-electron chi connectivity index (χ2n) is 9.39. The predicted octanol–water partition coefficient (Wildman–Crippen LogP) is 3.86. The van der Waals surface area contributed by atoms with Gasteiger partial charge in [-0.3, -0.25) is 20.1 Å². The minimum Gasteiger partial charge on any atom is -0.351 e. The topological polar surface area (TPSA) is 131 Å². The van der Waals surface area contributed by atoms with Crippen LogP contribution in [0.1, 0.15) is 15.9 Å². The van der Waals surface area contributed by atoms with Crippen molar-refractivity contribution >= 4 is 45.1 Å². The number of nitrogens with one attached hydrogen (secondary N) is 4. The number of piperazine rings is 1. The number of aromatic amines is 1. The van der Waals surface area contributed by atoms with Gasteiger partial charge in [-0.05, 0) is 31.3 Å². The van der Waals surface area contributed by atoms with Crippen LogP contribution in [-0.4, -0.2) is 88.2 Å². The van der Waals surface area contributed by atoms with Gasteiger partial charge in [-0.1, -0.05) is 11.3 Å². The molecule has 1 saturated heterocycles. The van der Waals surface area contributed by atoms with Crippen LogP contribution in [0.25, 0.3) is 21.6 Å². The van der Waals surface area contributed by atoms with E-state index >= 15 is 0 Å².